The molecule has 1 aliphatic heterocycles. The molecule has 0 aromatic rings. The number of hydrogen-bond donors (Lipinski definition) is 1. The maximum atomic E-state index is 10.5. The summed E-state index contributed by atoms with van der Waals surface area (Å²) in [5, 5.41) is 8.53. The van der Waals surface area contributed by atoms with E-state index in [9.17, 15) is 9.59 Å². The van der Waals surface area contributed by atoms with Crippen molar-refractivity contribution in [1.29, 1.82) is 0 Å². The van der Waals surface area contributed by atoms with Gasteiger partial charge >= 0.3 is 5.97 Å². The molecule has 0 aromatic carbocycles. The lowest BCUT2D eigenvalue weighted by atomic mass is 10.1. The fourth-order valence-corrected chi connectivity index (χ4v) is 1.16. The van der Waals surface area contributed by atoms with Gasteiger partial charge < -0.3 is 10.0 Å². The molecule has 4 nitrogen and oxygen atoms in total. The highest BCUT2D eigenvalue weighted by Crippen LogP contribution is 2.15. The topological polar surface area (TPSA) is 57.6 Å². The van der Waals surface area contributed by atoms with Crippen molar-refractivity contribution in [3.8, 4) is 0 Å². The lowest BCUT2D eigenvalue weighted by Crippen LogP contribution is -2.28. The van der Waals surface area contributed by atoms with Crippen LogP contribution in [0, 0.1) is 5.92 Å². The number of hydrogen-bond acceptors (Lipinski definition) is 2. The molecular formula is C6H8BNO3. The first-order chi connectivity index (χ1) is 5.11. The summed E-state index contributed by atoms with van der Waals surface area (Å²) in [7, 11) is 4.95. The summed E-state index contributed by atoms with van der Waals surface area (Å²) in [5.41, 5.74) is 0. The van der Waals surface area contributed by atoms with E-state index in [1.807, 2.05) is 0 Å². The van der Waals surface area contributed by atoms with Gasteiger partial charge in [0.2, 0.25) is 7.85 Å². The third-order valence-corrected chi connectivity index (χ3v) is 1.85. The van der Waals surface area contributed by atoms with E-state index in [2.05, 4.69) is 0 Å². The molecular weight excluding hydrogens is 145 g/mol. The molecule has 0 aromatic heterocycles. The van der Waals surface area contributed by atoms with E-state index in [1.54, 1.807) is 0 Å². The Balaban J connectivity index is 2.47. The van der Waals surface area contributed by atoms with Crippen LogP contribution in [0.25, 0.3) is 0 Å². The molecule has 0 saturated carbocycles. The molecule has 1 heterocycles. The quantitative estimate of drug-likeness (QED) is 0.525. The van der Waals surface area contributed by atoms with Crippen LogP contribution in [0.2, 0.25) is 0 Å². The summed E-state index contributed by atoms with van der Waals surface area (Å²) in [6, 6.07) is 0. The summed E-state index contributed by atoms with van der Waals surface area (Å²) in [6.45, 7) is 0.719. The van der Waals surface area contributed by atoms with E-state index in [4.69, 9.17) is 13.0 Å². The number of carbonyl (C=O) groups is 2. The highest BCUT2D eigenvalue weighted by atomic mass is 16.4. The maximum absolute atomic E-state index is 10.5. The van der Waals surface area contributed by atoms with E-state index < -0.39 is 17.7 Å². The Morgan fingerprint density at radius 2 is 2.18 bits per heavy atom. The van der Waals surface area contributed by atoms with Crippen molar-refractivity contribution < 1.29 is 14.7 Å². The summed E-state index contributed by atoms with van der Waals surface area (Å²) < 4.78 is 0. The Bertz CT molecular complexity index is 174. The third kappa shape index (κ3) is 1.72. The van der Waals surface area contributed by atoms with Crippen molar-refractivity contribution in [3.05, 3.63) is 0 Å². The standard InChI is InChI=1S/C6H8BNO3/c7-6(11)8-2-1-4(3-8)5(9)10/h4H,1-3H2,(H,9,10). The van der Waals surface area contributed by atoms with E-state index in [-0.39, 0.29) is 6.54 Å². The van der Waals surface area contributed by atoms with Gasteiger partial charge in [-0.15, -0.1) is 0 Å². The lowest BCUT2D eigenvalue weighted by molar-refractivity contribution is -0.141. The van der Waals surface area contributed by atoms with Crippen molar-refractivity contribution in [3.63, 3.8) is 0 Å². The van der Waals surface area contributed by atoms with Crippen molar-refractivity contribution >= 4 is 19.6 Å². The molecule has 1 fully saturated rings. The maximum Gasteiger partial charge on any atom is 0.308 e. The predicted molar refractivity (Wildman–Crippen MR) is 38.5 cm³/mol. The number of carbonyl (C=O) groups excluding carboxylic acids is 1. The van der Waals surface area contributed by atoms with Gasteiger partial charge in [0.15, 0.2) is 5.81 Å². The number of amides is 1. The largest absolute Gasteiger partial charge is 0.481 e. The molecule has 11 heavy (non-hydrogen) atoms. The Morgan fingerprint density at radius 1 is 1.55 bits per heavy atom. The molecule has 1 amide bonds. The lowest BCUT2D eigenvalue weighted by Gasteiger charge is -2.12. The molecule has 58 valence electrons. The van der Waals surface area contributed by atoms with E-state index >= 15 is 0 Å². The monoisotopic (exact) mass is 153 g/mol. The van der Waals surface area contributed by atoms with Crippen LogP contribution in [-0.4, -0.2) is 42.7 Å². The molecule has 2 radical (unpaired) electrons. The van der Waals surface area contributed by atoms with Gasteiger partial charge in [-0.05, 0) is 6.42 Å². The number of rotatable bonds is 1. The molecule has 0 bridgehead atoms. The minimum absolute atomic E-state index is 0.255. The number of nitrogens with zero attached hydrogens (tertiary/aromatic N) is 1. The van der Waals surface area contributed by atoms with Gasteiger partial charge in [0.1, 0.15) is 0 Å². The summed E-state index contributed by atoms with van der Waals surface area (Å²) in [5.74, 6) is -1.81. The molecule has 0 spiro atoms. The number of likely N-dealkylation sites (tertiary alicyclic amines) is 1. The molecule has 1 aliphatic rings. The van der Waals surface area contributed by atoms with Crippen molar-refractivity contribution in [2.24, 2.45) is 5.92 Å². The minimum Gasteiger partial charge on any atom is -0.481 e. The fourth-order valence-electron chi connectivity index (χ4n) is 1.16. The highest BCUT2D eigenvalue weighted by Gasteiger charge is 2.28. The van der Waals surface area contributed by atoms with E-state index in [0.717, 1.165) is 0 Å². The average Bonchev–Trinajstić information content (AvgIpc) is 2.33. The van der Waals surface area contributed by atoms with Crippen LogP contribution in [0.5, 0.6) is 0 Å². The first-order valence-corrected chi connectivity index (χ1v) is 3.38. The summed E-state index contributed by atoms with van der Waals surface area (Å²) in [4.78, 5) is 22.3. The zero-order valence-corrected chi connectivity index (χ0v) is 5.99. The van der Waals surface area contributed by atoms with E-state index in [1.165, 1.54) is 4.90 Å². The van der Waals surface area contributed by atoms with Gasteiger partial charge in [-0.3, -0.25) is 9.59 Å². The van der Waals surface area contributed by atoms with Crippen LogP contribution < -0.4 is 0 Å². The Hall–Kier alpha value is -0.995. The van der Waals surface area contributed by atoms with Crippen molar-refractivity contribution in [2.45, 2.75) is 6.42 Å². The van der Waals surface area contributed by atoms with Crippen molar-refractivity contribution in [1.82, 2.24) is 4.90 Å². The summed E-state index contributed by atoms with van der Waals surface area (Å²) in [6.07, 6.45) is 0.512. The zero-order valence-electron chi connectivity index (χ0n) is 5.99. The van der Waals surface area contributed by atoms with Gasteiger partial charge in [-0.1, -0.05) is 0 Å². The normalized spacial score (nSPS) is 23.6. The number of aliphatic carboxylic acids is 1. The van der Waals surface area contributed by atoms with Crippen LogP contribution in [0.15, 0.2) is 0 Å². The van der Waals surface area contributed by atoms with Gasteiger partial charge in [-0.25, -0.2) is 0 Å². The van der Waals surface area contributed by atoms with Crippen molar-refractivity contribution in [2.75, 3.05) is 13.1 Å². The van der Waals surface area contributed by atoms with Crippen LogP contribution in [-0.2, 0) is 4.79 Å². The molecule has 1 rings (SSSR count). The number of carboxylic acid groups (broad SMARTS) is 1. The second-order valence-electron chi connectivity index (χ2n) is 2.61. The fraction of sp³-hybridized carbons (Fsp3) is 0.667. The van der Waals surface area contributed by atoms with Gasteiger partial charge in [-0.2, -0.15) is 0 Å². The second-order valence-corrected chi connectivity index (χ2v) is 2.61. The first-order valence-electron chi connectivity index (χ1n) is 3.38. The second kappa shape index (κ2) is 2.94. The highest BCUT2D eigenvalue weighted by molar-refractivity contribution is 6.56. The number of carboxylic acids is 1. The minimum atomic E-state index is -0.853. The molecule has 1 N–H and O–H groups in total. The first kappa shape index (κ1) is 8.10. The van der Waals surface area contributed by atoms with Crippen LogP contribution in [0.1, 0.15) is 6.42 Å². The molecule has 0 aliphatic carbocycles. The molecule has 5 heteroatoms. The molecule has 1 unspecified atom stereocenters. The van der Waals surface area contributed by atoms with Gasteiger partial charge in [0.25, 0.3) is 0 Å². The Labute approximate surface area is 65.6 Å². The zero-order chi connectivity index (χ0) is 8.43. The molecule has 1 saturated heterocycles. The smallest absolute Gasteiger partial charge is 0.308 e. The van der Waals surface area contributed by atoms with Gasteiger partial charge in [0, 0.05) is 13.1 Å². The van der Waals surface area contributed by atoms with E-state index in [0.29, 0.717) is 13.0 Å². The SMILES string of the molecule is [B]C(=O)N1CCC(C(=O)O)C1. The van der Waals surface area contributed by atoms with Crippen LogP contribution in [0.4, 0.5) is 4.79 Å². The van der Waals surface area contributed by atoms with Crippen LogP contribution in [0.3, 0.4) is 0 Å². The Morgan fingerprint density at radius 3 is 2.45 bits per heavy atom. The average molecular weight is 153 g/mol. The van der Waals surface area contributed by atoms with Crippen LogP contribution >= 0.6 is 0 Å². The third-order valence-electron chi connectivity index (χ3n) is 1.85. The molecule has 1 atom stereocenters. The summed E-state index contributed by atoms with van der Waals surface area (Å²) >= 11 is 0. The predicted octanol–water partition coefficient (Wildman–Crippen LogP) is -0.319. The van der Waals surface area contributed by atoms with Gasteiger partial charge in [0.05, 0.1) is 5.92 Å². The Kier molecular flexibility index (Phi) is 2.17.